The topological polar surface area (TPSA) is 62.7 Å². The van der Waals surface area contributed by atoms with Crippen molar-refractivity contribution in [2.24, 2.45) is 0 Å². The van der Waals surface area contributed by atoms with E-state index in [1.54, 1.807) is 6.08 Å². The maximum atomic E-state index is 9.39. The lowest BCUT2D eigenvalue weighted by molar-refractivity contribution is 0.409. The minimum atomic E-state index is 0.207. The van der Waals surface area contributed by atoms with Crippen LogP contribution in [0, 0.1) is 18.3 Å². The normalized spacial score (nSPS) is 11.3. The van der Waals surface area contributed by atoms with Crippen LogP contribution in [0.25, 0.3) is 23.0 Å². The fourth-order valence-electron chi connectivity index (χ4n) is 2.04. The summed E-state index contributed by atoms with van der Waals surface area (Å²) in [6, 6.07) is 17.5. The lowest BCUT2D eigenvalue weighted by Gasteiger charge is -1.97. The van der Waals surface area contributed by atoms with Gasteiger partial charge in [0.15, 0.2) is 0 Å². The van der Waals surface area contributed by atoms with Crippen molar-refractivity contribution >= 4 is 27.6 Å². The fourth-order valence-corrected chi connectivity index (χ4v) is 2.44. The molecule has 0 aliphatic heterocycles. The summed E-state index contributed by atoms with van der Waals surface area (Å²) < 4.78 is 6.14. The summed E-state index contributed by atoms with van der Waals surface area (Å²) in [7, 11) is 0. The summed E-state index contributed by atoms with van der Waals surface area (Å²) in [5, 5.41) is 13.3. The minimum absolute atomic E-state index is 0.207. The summed E-state index contributed by atoms with van der Waals surface area (Å²) in [6.07, 6.45) is 1.72. The van der Waals surface area contributed by atoms with Crippen LogP contribution in [0.4, 0.5) is 0 Å². The molecule has 0 aliphatic rings. The lowest BCUT2D eigenvalue weighted by Crippen LogP contribution is -1.85. The number of hydrogen-bond acceptors (Lipinski definition) is 4. The molecule has 0 bridgehead atoms. The molecule has 0 amide bonds. The van der Waals surface area contributed by atoms with Crippen LogP contribution in [-0.2, 0) is 0 Å². The molecule has 3 rings (SSSR count). The van der Waals surface area contributed by atoms with E-state index in [1.807, 2.05) is 55.5 Å². The van der Waals surface area contributed by atoms with E-state index < -0.39 is 0 Å². The van der Waals surface area contributed by atoms with Gasteiger partial charge < -0.3 is 4.52 Å². The maximum absolute atomic E-state index is 9.39. The highest BCUT2D eigenvalue weighted by Crippen LogP contribution is 2.24. The molecule has 0 unspecified atom stereocenters. The van der Waals surface area contributed by atoms with Crippen molar-refractivity contribution in [2.45, 2.75) is 6.92 Å². The van der Waals surface area contributed by atoms with Gasteiger partial charge in [-0.25, -0.2) is 0 Å². The highest BCUT2D eigenvalue weighted by molar-refractivity contribution is 9.10. The molecule has 0 N–H and O–H groups in total. The third-order valence-electron chi connectivity index (χ3n) is 3.29. The molecular weight excluding hydrogens is 354 g/mol. The molecule has 0 atom stereocenters. The van der Waals surface area contributed by atoms with Crippen LogP contribution in [0.2, 0.25) is 0 Å². The van der Waals surface area contributed by atoms with Crippen LogP contribution in [-0.4, -0.2) is 10.1 Å². The van der Waals surface area contributed by atoms with Crippen molar-refractivity contribution in [3.8, 4) is 17.5 Å². The van der Waals surface area contributed by atoms with Crippen LogP contribution in [0.1, 0.15) is 17.0 Å². The first-order valence-corrected chi connectivity index (χ1v) is 7.74. The average Bonchev–Trinajstić information content (AvgIpc) is 3.04. The van der Waals surface area contributed by atoms with Gasteiger partial charge in [-0.15, -0.1) is 0 Å². The number of hydrogen-bond donors (Lipinski definition) is 0. The van der Waals surface area contributed by atoms with Crippen molar-refractivity contribution in [1.82, 2.24) is 10.1 Å². The summed E-state index contributed by atoms with van der Waals surface area (Å²) >= 11 is 3.45. The second-order valence-corrected chi connectivity index (χ2v) is 5.83. The third-order valence-corrected chi connectivity index (χ3v) is 4.01. The van der Waals surface area contributed by atoms with E-state index in [2.05, 4.69) is 32.1 Å². The minimum Gasteiger partial charge on any atom is -0.333 e. The SMILES string of the molecule is Cc1ccc(-c2noc(/C(C#N)=C/c3ccccc3Br)n2)cc1. The largest absolute Gasteiger partial charge is 0.333 e. The first-order valence-electron chi connectivity index (χ1n) is 6.95. The number of nitriles is 1. The van der Waals surface area contributed by atoms with Crippen molar-refractivity contribution in [1.29, 1.82) is 5.26 Å². The molecule has 4 nitrogen and oxygen atoms in total. The predicted molar refractivity (Wildman–Crippen MR) is 92.1 cm³/mol. The molecule has 1 aromatic heterocycles. The third kappa shape index (κ3) is 3.38. The van der Waals surface area contributed by atoms with Gasteiger partial charge in [-0.05, 0) is 24.6 Å². The molecular formula is C18H12BrN3O. The molecule has 2 aromatic carbocycles. The second kappa shape index (κ2) is 6.59. The molecule has 0 saturated carbocycles. The molecule has 0 fully saturated rings. The van der Waals surface area contributed by atoms with Crippen LogP contribution >= 0.6 is 15.9 Å². The molecule has 0 radical (unpaired) electrons. The summed E-state index contributed by atoms with van der Waals surface area (Å²) in [4.78, 5) is 4.32. The Bertz CT molecular complexity index is 905. The highest BCUT2D eigenvalue weighted by atomic mass is 79.9. The van der Waals surface area contributed by atoms with Crippen LogP contribution < -0.4 is 0 Å². The molecule has 23 heavy (non-hydrogen) atoms. The van der Waals surface area contributed by atoms with E-state index in [1.165, 1.54) is 0 Å². The van der Waals surface area contributed by atoms with Gasteiger partial charge in [0.05, 0.1) is 0 Å². The van der Waals surface area contributed by atoms with Gasteiger partial charge in [0, 0.05) is 10.0 Å². The number of nitrogens with zero attached hydrogens (tertiary/aromatic N) is 3. The Morgan fingerprint density at radius 1 is 1.17 bits per heavy atom. The van der Waals surface area contributed by atoms with E-state index >= 15 is 0 Å². The summed E-state index contributed by atoms with van der Waals surface area (Å²) in [6.45, 7) is 2.01. The van der Waals surface area contributed by atoms with Gasteiger partial charge in [0.2, 0.25) is 5.82 Å². The van der Waals surface area contributed by atoms with Crippen molar-refractivity contribution < 1.29 is 4.52 Å². The summed E-state index contributed by atoms with van der Waals surface area (Å²) in [5.41, 5.74) is 3.20. The average molecular weight is 366 g/mol. The lowest BCUT2D eigenvalue weighted by atomic mass is 10.1. The zero-order chi connectivity index (χ0) is 16.2. The number of allylic oxidation sites excluding steroid dienone is 1. The van der Waals surface area contributed by atoms with Crippen molar-refractivity contribution in [3.05, 3.63) is 70.0 Å². The number of rotatable bonds is 3. The molecule has 3 aromatic rings. The van der Waals surface area contributed by atoms with E-state index in [9.17, 15) is 5.26 Å². The van der Waals surface area contributed by atoms with Gasteiger partial charge >= 0.3 is 0 Å². The number of aromatic nitrogens is 2. The first kappa shape index (κ1) is 15.2. The van der Waals surface area contributed by atoms with Crippen LogP contribution in [0.5, 0.6) is 0 Å². The zero-order valence-corrected chi connectivity index (χ0v) is 13.9. The van der Waals surface area contributed by atoms with Gasteiger partial charge in [0.25, 0.3) is 5.89 Å². The van der Waals surface area contributed by atoms with Crippen molar-refractivity contribution in [2.75, 3.05) is 0 Å². The Balaban J connectivity index is 1.96. The van der Waals surface area contributed by atoms with Crippen LogP contribution in [0.3, 0.4) is 0 Å². The first-order chi connectivity index (χ1) is 11.2. The summed E-state index contributed by atoms with van der Waals surface area (Å²) in [5.74, 6) is 0.673. The molecule has 0 spiro atoms. The number of halogens is 1. The molecule has 0 aliphatic carbocycles. The smallest absolute Gasteiger partial charge is 0.268 e. The van der Waals surface area contributed by atoms with E-state index in [0.717, 1.165) is 21.2 Å². The van der Waals surface area contributed by atoms with Crippen molar-refractivity contribution in [3.63, 3.8) is 0 Å². The van der Waals surface area contributed by atoms with Gasteiger partial charge in [-0.1, -0.05) is 69.1 Å². The van der Waals surface area contributed by atoms with Gasteiger partial charge in [0.1, 0.15) is 11.6 Å². The molecule has 1 heterocycles. The highest BCUT2D eigenvalue weighted by Gasteiger charge is 2.13. The quantitative estimate of drug-likeness (QED) is 0.621. The Hall–Kier alpha value is -2.71. The second-order valence-electron chi connectivity index (χ2n) is 4.98. The molecule has 112 valence electrons. The standard InChI is InChI=1S/C18H12BrN3O/c1-12-6-8-13(9-7-12)17-21-18(23-22-17)15(11-20)10-14-4-2-3-5-16(14)19/h2-10H,1H3/b15-10+. The van der Waals surface area contributed by atoms with Gasteiger partial charge in [-0.3, -0.25) is 0 Å². The van der Waals surface area contributed by atoms with Crippen LogP contribution in [0.15, 0.2) is 57.5 Å². The number of benzene rings is 2. The van der Waals surface area contributed by atoms with E-state index in [4.69, 9.17) is 4.52 Å². The fraction of sp³-hybridized carbons (Fsp3) is 0.0556. The Morgan fingerprint density at radius 2 is 1.91 bits per heavy atom. The Kier molecular flexibility index (Phi) is 4.35. The molecule has 0 saturated heterocycles. The predicted octanol–water partition coefficient (Wildman–Crippen LogP) is 4.87. The monoisotopic (exact) mass is 365 g/mol. The van der Waals surface area contributed by atoms with E-state index in [0.29, 0.717) is 11.4 Å². The van der Waals surface area contributed by atoms with Gasteiger partial charge in [-0.2, -0.15) is 10.2 Å². The Morgan fingerprint density at radius 3 is 2.61 bits per heavy atom. The van der Waals surface area contributed by atoms with E-state index in [-0.39, 0.29) is 5.89 Å². The Labute approximate surface area is 142 Å². The number of aryl methyl sites for hydroxylation is 1. The molecule has 5 heteroatoms. The zero-order valence-electron chi connectivity index (χ0n) is 12.3. The maximum Gasteiger partial charge on any atom is 0.268 e.